The first kappa shape index (κ1) is 10.9. The van der Waals surface area contributed by atoms with Gasteiger partial charge in [-0.3, -0.25) is 0 Å². The topological polar surface area (TPSA) is 0 Å². The van der Waals surface area contributed by atoms with Gasteiger partial charge < -0.3 is 0 Å². The van der Waals surface area contributed by atoms with Crippen molar-refractivity contribution in [2.45, 2.75) is 51.8 Å². The normalized spacial score (nSPS) is 28.7. The van der Waals surface area contributed by atoms with E-state index in [2.05, 4.69) is 21.3 Å². The summed E-state index contributed by atoms with van der Waals surface area (Å²) in [5.74, 6) is 1.93. The van der Waals surface area contributed by atoms with Crippen LogP contribution in [0.1, 0.15) is 45.4 Å². The fourth-order valence-corrected chi connectivity index (χ4v) is 2.61. The molecule has 74 valence electrons. The van der Waals surface area contributed by atoms with Crippen LogP contribution in [0.4, 0.5) is 0 Å². The van der Waals surface area contributed by atoms with E-state index in [-0.39, 0.29) is 0 Å². The number of allylic oxidation sites excluding steroid dienone is 1. The van der Waals surface area contributed by atoms with E-state index in [9.17, 15) is 0 Å². The van der Waals surface area contributed by atoms with Gasteiger partial charge in [0.05, 0.1) is 0 Å². The molecule has 0 aromatic rings. The molecule has 0 saturated heterocycles. The van der Waals surface area contributed by atoms with Crippen LogP contribution >= 0.6 is 0 Å². The Balaban J connectivity index is 2.23. The quantitative estimate of drug-likeness (QED) is 0.458. The smallest absolute Gasteiger partial charge is 0.0999 e. The molecule has 0 aromatic heterocycles. The van der Waals surface area contributed by atoms with Gasteiger partial charge in [0, 0.05) is 0 Å². The second-order valence-corrected chi connectivity index (χ2v) is 4.84. The van der Waals surface area contributed by atoms with Crippen molar-refractivity contribution in [2.75, 3.05) is 0 Å². The summed E-state index contributed by atoms with van der Waals surface area (Å²) in [5.41, 5.74) is 1.49. The largest absolute Gasteiger partial charge is 0.101 e. The highest BCUT2D eigenvalue weighted by molar-refractivity contribution is 6.08. The first-order valence-electron chi connectivity index (χ1n) is 5.89. The van der Waals surface area contributed by atoms with Gasteiger partial charge in [0.1, 0.15) is 7.85 Å². The maximum atomic E-state index is 4.16. The molecule has 1 aliphatic rings. The molecular weight excluding hydrogens is 155 g/mol. The van der Waals surface area contributed by atoms with Crippen molar-refractivity contribution in [1.82, 2.24) is 0 Å². The summed E-state index contributed by atoms with van der Waals surface area (Å²) in [5, 5.41) is 0. The zero-order chi connectivity index (χ0) is 9.68. The SMILES string of the molecule is BCCC(=C)CC1CCCC(C)C1. The average molecular weight is 178 g/mol. The van der Waals surface area contributed by atoms with Gasteiger partial charge in [0.15, 0.2) is 0 Å². The predicted octanol–water partition coefficient (Wildman–Crippen LogP) is 3.20. The molecule has 1 aliphatic carbocycles. The van der Waals surface area contributed by atoms with E-state index in [1.807, 2.05) is 0 Å². The first-order chi connectivity index (χ1) is 6.22. The van der Waals surface area contributed by atoms with Gasteiger partial charge >= 0.3 is 0 Å². The lowest BCUT2D eigenvalue weighted by Gasteiger charge is -2.27. The van der Waals surface area contributed by atoms with Gasteiger partial charge in [0.25, 0.3) is 0 Å². The zero-order valence-electron chi connectivity index (χ0n) is 9.31. The van der Waals surface area contributed by atoms with Crippen LogP contribution in [0.2, 0.25) is 6.32 Å². The van der Waals surface area contributed by atoms with Crippen LogP contribution in [0.3, 0.4) is 0 Å². The molecule has 0 amide bonds. The lowest BCUT2D eigenvalue weighted by atomic mass is 9.78. The van der Waals surface area contributed by atoms with Crippen molar-refractivity contribution in [2.24, 2.45) is 11.8 Å². The molecule has 13 heavy (non-hydrogen) atoms. The van der Waals surface area contributed by atoms with Gasteiger partial charge in [0.2, 0.25) is 0 Å². The molecule has 0 bridgehead atoms. The van der Waals surface area contributed by atoms with Crippen LogP contribution in [-0.2, 0) is 0 Å². The average Bonchev–Trinajstić information content (AvgIpc) is 2.04. The summed E-state index contributed by atoms with van der Waals surface area (Å²) >= 11 is 0. The van der Waals surface area contributed by atoms with Crippen molar-refractivity contribution >= 4 is 7.85 Å². The van der Waals surface area contributed by atoms with Crippen LogP contribution in [-0.4, -0.2) is 7.85 Å². The minimum Gasteiger partial charge on any atom is -0.0999 e. The monoisotopic (exact) mass is 178 g/mol. The van der Waals surface area contributed by atoms with Crippen molar-refractivity contribution in [3.05, 3.63) is 12.2 Å². The molecule has 2 atom stereocenters. The number of hydrogen-bond donors (Lipinski definition) is 0. The van der Waals surface area contributed by atoms with Crippen LogP contribution in [0.15, 0.2) is 12.2 Å². The molecule has 0 N–H and O–H groups in total. The van der Waals surface area contributed by atoms with Crippen molar-refractivity contribution in [3.8, 4) is 0 Å². The third-order valence-electron chi connectivity index (χ3n) is 3.23. The number of hydrogen-bond acceptors (Lipinski definition) is 0. The van der Waals surface area contributed by atoms with E-state index in [4.69, 9.17) is 0 Å². The van der Waals surface area contributed by atoms with E-state index >= 15 is 0 Å². The van der Waals surface area contributed by atoms with Gasteiger partial charge in [-0.15, -0.1) is 0 Å². The Morgan fingerprint density at radius 3 is 2.85 bits per heavy atom. The second kappa shape index (κ2) is 5.52. The van der Waals surface area contributed by atoms with Gasteiger partial charge in [-0.25, -0.2) is 0 Å². The van der Waals surface area contributed by atoms with Gasteiger partial charge in [-0.2, -0.15) is 0 Å². The predicted molar refractivity (Wildman–Crippen MR) is 62.8 cm³/mol. The lowest BCUT2D eigenvalue weighted by molar-refractivity contribution is 0.280. The molecule has 1 heteroatoms. The van der Waals surface area contributed by atoms with Crippen LogP contribution < -0.4 is 0 Å². The summed E-state index contributed by atoms with van der Waals surface area (Å²) < 4.78 is 0. The molecular formula is C12H23B. The Labute approximate surface area is 84.2 Å². The molecule has 1 saturated carbocycles. The lowest BCUT2D eigenvalue weighted by Crippen LogP contribution is -2.13. The molecule has 1 rings (SSSR count). The molecule has 0 heterocycles. The van der Waals surface area contributed by atoms with Crippen LogP contribution in [0, 0.1) is 11.8 Å². The number of rotatable bonds is 4. The van der Waals surface area contributed by atoms with E-state index in [0.717, 1.165) is 11.8 Å². The Morgan fingerprint density at radius 1 is 1.46 bits per heavy atom. The highest BCUT2D eigenvalue weighted by Gasteiger charge is 2.18. The standard InChI is InChI=1S/C12H23B/c1-10-4-3-5-12(8-10)9-11(2)6-7-13/h10,12H,2-9,13H2,1H3. The summed E-state index contributed by atoms with van der Waals surface area (Å²) in [6.45, 7) is 6.56. The van der Waals surface area contributed by atoms with Crippen molar-refractivity contribution < 1.29 is 0 Å². The summed E-state index contributed by atoms with van der Waals surface area (Å²) in [6, 6.07) is 0. The van der Waals surface area contributed by atoms with E-state index in [1.54, 1.807) is 0 Å². The van der Waals surface area contributed by atoms with Gasteiger partial charge in [-0.1, -0.05) is 44.7 Å². The first-order valence-corrected chi connectivity index (χ1v) is 5.89. The molecule has 0 aromatic carbocycles. The highest BCUT2D eigenvalue weighted by Crippen LogP contribution is 2.32. The van der Waals surface area contributed by atoms with Crippen molar-refractivity contribution in [1.29, 1.82) is 0 Å². The molecule has 0 aliphatic heterocycles. The second-order valence-electron chi connectivity index (χ2n) is 4.84. The summed E-state index contributed by atoms with van der Waals surface area (Å²) in [7, 11) is 2.24. The molecule has 1 fully saturated rings. The molecule has 2 unspecified atom stereocenters. The highest BCUT2D eigenvalue weighted by atomic mass is 14.2. The third-order valence-corrected chi connectivity index (χ3v) is 3.23. The van der Waals surface area contributed by atoms with E-state index in [1.165, 1.54) is 50.4 Å². The third kappa shape index (κ3) is 4.02. The maximum absolute atomic E-state index is 4.16. The molecule has 0 radical (unpaired) electrons. The Kier molecular flexibility index (Phi) is 4.62. The Bertz CT molecular complexity index is 163. The molecule has 0 spiro atoms. The maximum Gasteiger partial charge on any atom is 0.101 e. The van der Waals surface area contributed by atoms with Crippen LogP contribution in [0.5, 0.6) is 0 Å². The minimum atomic E-state index is 0.961. The van der Waals surface area contributed by atoms with E-state index in [0.29, 0.717) is 0 Å². The minimum absolute atomic E-state index is 0.961. The summed E-state index contributed by atoms with van der Waals surface area (Å²) in [4.78, 5) is 0. The van der Waals surface area contributed by atoms with Crippen molar-refractivity contribution in [3.63, 3.8) is 0 Å². The summed E-state index contributed by atoms with van der Waals surface area (Å²) in [6.07, 6.45) is 9.61. The Hall–Kier alpha value is -0.195. The zero-order valence-corrected chi connectivity index (χ0v) is 9.31. The molecule has 0 nitrogen and oxygen atoms in total. The fraction of sp³-hybridized carbons (Fsp3) is 0.833. The van der Waals surface area contributed by atoms with Crippen LogP contribution in [0.25, 0.3) is 0 Å². The fourth-order valence-electron chi connectivity index (χ4n) is 2.61. The van der Waals surface area contributed by atoms with Gasteiger partial charge in [-0.05, 0) is 31.1 Å². The Morgan fingerprint density at radius 2 is 2.23 bits per heavy atom. The van der Waals surface area contributed by atoms with E-state index < -0.39 is 0 Å².